The summed E-state index contributed by atoms with van der Waals surface area (Å²) in [5.74, 6) is 1.18. The molecule has 0 bridgehead atoms. The maximum absolute atomic E-state index is 10.6. The van der Waals surface area contributed by atoms with Crippen LogP contribution in [0, 0.1) is 16.0 Å². The summed E-state index contributed by atoms with van der Waals surface area (Å²) in [5, 5.41) is 14.0. The molecule has 0 aromatic carbocycles. The number of halogens is 1. The van der Waals surface area contributed by atoms with Gasteiger partial charge in [-0.05, 0) is 41.6 Å². The fourth-order valence-electron chi connectivity index (χ4n) is 2.18. The van der Waals surface area contributed by atoms with Crippen molar-refractivity contribution in [1.82, 2.24) is 4.98 Å². The molecule has 1 N–H and O–H groups in total. The Morgan fingerprint density at radius 2 is 2.26 bits per heavy atom. The van der Waals surface area contributed by atoms with E-state index in [1.54, 1.807) is 0 Å². The molecule has 0 aliphatic carbocycles. The Labute approximate surface area is 119 Å². The number of hydrogen-bond acceptors (Lipinski definition) is 5. The summed E-state index contributed by atoms with van der Waals surface area (Å²) in [6.45, 7) is 3.70. The molecule has 0 radical (unpaired) electrons. The molecule has 104 valence electrons. The number of anilines is 1. The lowest BCUT2D eigenvalue weighted by molar-refractivity contribution is -0.385. The third-order valence-electron chi connectivity index (χ3n) is 3.38. The van der Waals surface area contributed by atoms with Crippen molar-refractivity contribution >= 4 is 27.4 Å². The predicted octanol–water partition coefficient (Wildman–Crippen LogP) is 2.98. The van der Waals surface area contributed by atoms with Gasteiger partial charge in [-0.15, -0.1) is 0 Å². The molecule has 7 heteroatoms. The van der Waals surface area contributed by atoms with E-state index >= 15 is 0 Å². The fraction of sp³-hybridized carbons (Fsp3) is 0.583. The Bertz CT molecular complexity index is 464. The Balaban J connectivity index is 2.03. The molecular formula is C12H16BrN3O3. The van der Waals surface area contributed by atoms with Crippen LogP contribution in [-0.2, 0) is 4.74 Å². The first-order valence-electron chi connectivity index (χ1n) is 6.22. The van der Waals surface area contributed by atoms with Crippen LogP contribution in [0.3, 0.4) is 0 Å². The van der Waals surface area contributed by atoms with Crippen LogP contribution in [0.4, 0.5) is 11.5 Å². The van der Waals surface area contributed by atoms with Gasteiger partial charge in [0, 0.05) is 25.3 Å². The first-order chi connectivity index (χ1) is 9.08. The average Bonchev–Trinajstić information content (AvgIpc) is 2.41. The predicted molar refractivity (Wildman–Crippen MR) is 75.2 cm³/mol. The van der Waals surface area contributed by atoms with Gasteiger partial charge in [-0.1, -0.05) is 0 Å². The van der Waals surface area contributed by atoms with E-state index in [4.69, 9.17) is 4.74 Å². The minimum Gasteiger partial charge on any atom is -0.381 e. The van der Waals surface area contributed by atoms with Crippen LogP contribution in [-0.4, -0.2) is 29.2 Å². The summed E-state index contributed by atoms with van der Waals surface area (Å²) in [5.41, 5.74) is -0.0175. The minimum absolute atomic E-state index is 0.0175. The molecule has 2 heterocycles. The maximum atomic E-state index is 10.6. The Morgan fingerprint density at radius 3 is 2.84 bits per heavy atom. The number of hydrogen-bond donors (Lipinski definition) is 1. The second-order valence-corrected chi connectivity index (χ2v) is 5.52. The molecule has 6 nitrogen and oxygen atoms in total. The van der Waals surface area contributed by atoms with Crippen molar-refractivity contribution in [2.75, 3.05) is 18.5 Å². The van der Waals surface area contributed by atoms with Crippen molar-refractivity contribution < 1.29 is 9.66 Å². The lowest BCUT2D eigenvalue weighted by Crippen LogP contribution is -2.31. The highest BCUT2D eigenvalue weighted by Gasteiger charge is 2.21. The normalized spacial score (nSPS) is 18.0. The summed E-state index contributed by atoms with van der Waals surface area (Å²) in [6, 6.07) is 1.72. The molecule has 0 spiro atoms. The van der Waals surface area contributed by atoms with Gasteiger partial charge in [0.1, 0.15) is 12.0 Å². The summed E-state index contributed by atoms with van der Waals surface area (Å²) in [7, 11) is 0. The molecule has 0 amide bonds. The second-order valence-electron chi connectivity index (χ2n) is 4.66. The number of nitro groups is 1. The standard InChI is InChI=1S/C12H16BrN3O3/c1-8(9-2-4-19-5-3-9)15-12-11(13)6-10(7-14-12)16(17)18/h6-9H,2-5H2,1H3,(H,14,15). The average molecular weight is 330 g/mol. The molecule has 1 aliphatic heterocycles. The van der Waals surface area contributed by atoms with Crippen LogP contribution in [0.5, 0.6) is 0 Å². The van der Waals surface area contributed by atoms with Gasteiger partial charge in [-0.2, -0.15) is 0 Å². The molecule has 1 aromatic rings. The van der Waals surface area contributed by atoms with Crippen molar-refractivity contribution in [2.24, 2.45) is 5.92 Å². The SMILES string of the molecule is CC(Nc1ncc([N+](=O)[O-])cc1Br)C1CCOCC1. The van der Waals surface area contributed by atoms with Crippen LogP contribution in [0.1, 0.15) is 19.8 Å². The van der Waals surface area contributed by atoms with Gasteiger partial charge in [0.25, 0.3) is 5.69 Å². The largest absolute Gasteiger partial charge is 0.381 e. The molecule has 0 saturated carbocycles. The van der Waals surface area contributed by atoms with Crippen LogP contribution in [0.15, 0.2) is 16.7 Å². The zero-order valence-electron chi connectivity index (χ0n) is 10.6. The van der Waals surface area contributed by atoms with Crippen LogP contribution < -0.4 is 5.32 Å². The molecule has 1 fully saturated rings. The number of aromatic nitrogens is 1. The van der Waals surface area contributed by atoms with E-state index < -0.39 is 4.92 Å². The van der Waals surface area contributed by atoms with Gasteiger partial charge in [0.2, 0.25) is 0 Å². The Hall–Kier alpha value is -1.21. The van der Waals surface area contributed by atoms with Crippen molar-refractivity contribution in [3.8, 4) is 0 Å². The molecule has 1 unspecified atom stereocenters. The van der Waals surface area contributed by atoms with E-state index in [2.05, 4.69) is 33.2 Å². The molecular weight excluding hydrogens is 314 g/mol. The van der Waals surface area contributed by atoms with Crippen molar-refractivity contribution in [3.05, 3.63) is 26.9 Å². The van der Waals surface area contributed by atoms with E-state index in [0.29, 0.717) is 16.2 Å². The highest BCUT2D eigenvalue weighted by Crippen LogP contribution is 2.27. The zero-order valence-corrected chi connectivity index (χ0v) is 12.2. The van der Waals surface area contributed by atoms with E-state index in [1.165, 1.54) is 12.3 Å². The topological polar surface area (TPSA) is 77.3 Å². The van der Waals surface area contributed by atoms with E-state index in [9.17, 15) is 10.1 Å². The monoisotopic (exact) mass is 329 g/mol. The van der Waals surface area contributed by atoms with Gasteiger partial charge < -0.3 is 10.1 Å². The number of nitrogens with one attached hydrogen (secondary N) is 1. The Morgan fingerprint density at radius 1 is 1.58 bits per heavy atom. The third kappa shape index (κ3) is 3.63. The smallest absolute Gasteiger partial charge is 0.288 e. The van der Waals surface area contributed by atoms with Crippen molar-refractivity contribution in [1.29, 1.82) is 0 Å². The van der Waals surface area contributed by atoms with Gasteiger partial charge in [0.05, 0.1) is 9.40 Å². The van der Waals surface area contributed by atoms with E-state index in [1.807, 2.05) is 0 Å². The highest BCUT2D eigenvalue weighted by atomic mass is 79.9. The van der Waals surface area contributed by atoms with Gasteiger partial charge in [0.15, 0.2) is 0 Å². The number of pyridine rings is 1. The lowest BCUT2D eigenvalue weighted by Gasteiger charge is -2.28. The molecule has 1 atom stereocenters. The molecule has 1 aliphatic rings. The van der Waals surface area contributed by atoms with E-state index in [0.717, 1.165) is 26.1 Å². The summed E-state index contributed by atoms with van der Waals surface area (Å²) in [6.07, 6.45) is 3.32. The molecule has 2 rings (SSSR count). The van der Waals surface area contributed by atoms with Crippen LogP contribution >= 0.6 is 15.9 Å². The minimum atomic E-state index is -0.455. The van der Waals surface area contributed by atoms with Gasteiger partial charge in [-0.25, -0.2) is 4.98 Å². The fourth-order valence-corrected chi connectivity index (χ4v) is 2.63. The second kappa shape index (κ2) is 6.29. The van der Waals surface area contributed by atoms with Crippen molar-refractivity contribution in [2.45, 2.75) is 25.8 Å². The summed E-state index contributed by atoms with van der Waals surface area (Å²) in [4.78, 5) is 14.3. The lowest BCUT2D eigenvalue weighted by atomic mass is 9.93. The Kier molecular flexibility index (Phi) is 4.71. The number of ether oxygens (including phenoxy) is 1. The highest BCUT2D eigenvalue weighted by molar-refractivity contribution is 9.10. The third-order valence-corrected chi connectivity index (χ3v) is 3.98. The quantitative estimate of drug-likeness (QED) is 0.678. The van der Waals surface area contributed by atoms with Crippen LogP contribution in [0.25, 0.3) is 0 Å². The van der Waals surface area contributed by atoms with Crippen LogP contribution in [0.2, 0.25) is 0 Å². The zero-order chi connectivity index (χ0) is 13.8. The van der Waals surface area contributed by atoms with Gasteiger partial charge >= 0.3 is 0 Å². The summed E-state index contributed by atoms with van der Waals surface area (Å²) >= 11 is 3.31. The molecule has 19 heavy (non-hydrogen) atoms. The molecule has 1 aromatic heterocycles. The molecule has 1 saturated heterocycles. The first-order valence-corrected chi connectivity index (χ1v) is 7.01. The van der Waals surface area contributed by atoms with E-state index in [-0.39, 0.29) is 11.7 Å². The van der Waals surface area contributed by atoms with Gasteiger partial charge in [-0.3, -0.25) is 10.1 Å². The number of nitrogens with zero attached hydrogens (tertiary/aromatic N) is 2. The maximum Gasteiger partial charge on any atom is 0.288 e. The van der Waals surface area contributed by atoms with Crippen molar-refractivity contribution in [3.63, 3.8) is 0 Å². The first kappa shape index (κ1) is 14.2. The number of rotatable bonds is 4. The summed E-state index contributed by atoms with van der Waals surface area (Å²) < 4.78 is 5.95.